The summed E-state index contributed by atoms with van der Waals surface area (Å²) in [5.41, 5.74) is 1.92. The Balaban J connectivity index is 1.68. The van der Waals surface area contributed by atoms with Gasteiger partial charge in [-0.1, -0.05) is 54.6 Å². The summed E-state index contributed by atoms with van der Waals surface area (Å²) in [5, 5.41) is 25.0. The van der Waals surface area contributed by atoms with Gasteiger partial charge in [-0.05, 0) is 29.8 Å². The van der Waals surface area contributed by atoms with Crippen LogP contribution in [-0.4, -0.2) is 42.8 Å². The van der Waals surface area contributed by atoms with Gasteiger partial charge in [0.05, 0.1) is 11.1 Å². The van der Waals surface area contributed by atoms with Crippen LogP contribution < -0.4 is 0 Å². The van der Waals surface area contributed by atoms with Crippen molar-refractivity contribution in [3.05, 3.63) is 84.4 Å². The van der Waals surface area contributed by atoms with E-state index in [0.717, 1.165) is 5.56 Å². The number of para-hydroxylation sites is 2. The number of carbonyl (C=O) groups is 1. The van der Waals surface area contributed by atoms with Gasteiger partial charge in [-0.3, -0.25) is 4.79 Å². The fraction of sp³-hybridized carbons (Fsp3) is 0.125. The molecule has 0 unspecified atom stereocenters. The molecular formula is C24H22N4O3. The molecule has 31 heavy (non-hydrogen) atoms. The molecule has 0 atom stereocenters. The number of hydrogen-bond donors (Lipinski definition) is 2. The Hall–Kier alpha value is -4.13. The Labute approximate surface area is 179 Å². The number of rotatable bonds is 6. The second-order valence-electron chi connectivity index (χ2n) is 7.19. The third-order valence-corrected chi connectivity index (χ3v) is 4.93. The molecule has 1 amide bonds. The van der Waals surface area contributed by atoms with Crippen LogP contribution in [0, 0.1) is 0 Å². The zero-order chi connectivity index (χ0) is 21.8. The highest BCUT2D eigenvalue weighted by Crippen LogP contribution is 2.32. The third-order valence-electron chi connectivity index (χ3n) is 4.93. The predicted molar refractivity (Wildman–Crippen MR) is 117 cm³/mol. The van der Waals surface area contributed by atoms with Crippen molar-refractivity contribution in [1.29, 1.82) is 0 Å². The van der Waals surface area contributed by atoms with Crippen molar-refractivity contribution < 1.29 is 15.0 Å². The Kier molecular flexibility index (Phi) is 5.66. The van der Waals surface area contributed by atoms with Crippen LogP contribution in [0.3, 0.4) is 0 Å². The predicted octanol–water partition coefficient (Wildman–Crippen LogP) is 3.68. The number of phenolic OH excluding ortho intramolecular Hbond substituents is 2. The van der Waals surface area contributed by atoms with Gasteiger partial charge in [-0.25, -0.2) is 9.67 Å². The average molecular weight is 414 g/mol. The van der Waals surface area contributed by atoms with Crippen LogP contribution >= 0.6 is 0 Å². The Morgan fingerprint density at radius 3 is 2.10 bits per heavy atom. The number of likely N-dealkylation sites (N-methyl/N-ethyl adjacent to an activating group) is 1. The van der Waals surface area contributed by atoms with E-state index < -0.39 is 0 Å². The summed E-state index contributed by atoms with van der Waals surface area (Å²) in [7, 11) is 1.73. The Morgan fingerprint density at radius 1 is 0.871 bits per heavy atom. The molecule has 156 valence electrons. The first kappa shape index (κ1) is 20.2. The smallest absolute Gasteiger partial charge is 0.244 e. The van der Waals surface area contributed by atoms with Crippen molar-refractivity contribution in [2.75, 3.05) is 7.05 Å². The van der Waals surface area contributed by atoms with Crippen molar-refractivity contribution in [3.63, 3.8) is 0 Å². The summed E-state index contributed by atoms with van der Waals surface area (Å²) in [6, 6.07) is 23.2. The quantitative estimate of drug-likeness (QED) is 0.502. The summed E-state index contributed by atoms with van der Waals surface area (Å²) in [6.45, 7) is 0.403. The first-order valence-corrected chi connectivity index (χ1v) is 9.82. The van der Waals surface area contributed by atoms with Crippen molar-refractivity contribution in [2.45, 2.75) is 13.1 Å². The normalized spacial score (nSPS) is 10.7. The van der Waals surface area contributed by atoms with Gasteiger partial charge < -0.3 is 15.1 Å². The molecule has 0 bridgehead atoms. The van der Waals surface area contributed by atoms with E-state index in [2.05, 4.69) is 10.1 Å². The molecule has 4 aromatic rings. The van der Waals surface area contributed by atoms with Crippen molar-refractivity contribution in [2.24, 2.45) is 0 Å². The SMILES string of the molecule is CN(Cc1ccccc1)C(=O)Cn1nc(-c2ccccc2O)nc1-c1ccccc1O. The van der Waals surface area contributed by atoms with Crippen LogP contribution in [0.15, 0.2) is 78.9 Å². The number of carbonyl (C=O) groups excluding carboxylic acids is 1. The lowest BCUT2D eigenvalue weighted by atomic mass is 10.2. The number of hydrogen-bond acceptors (Lipinski definition) is 5. The molecule has 3 aromatic carbocycles. The van der Waals surface area contributed by atoms with E-state index >= 15 is 0 Å². The minimum atomic E-state index is -0.158. The van der Waals surface area contributed by atoms with E-state index in [9.17, 15) is 15.0 Å². The van der Waals surface area contributed by atoms with E-state index in [1.807, 2.05) is 30.3 Å². The molecule has 0 aliphatic heterocycles. The maximum Gasteiger partial charge on any atom is 0.244 e. The largest absolute Gasteiger partial charge is 0.507 e. The summed E-state index contributed by atoms with van der Waals surface area (Å²) < 4.78 is 1.46. The molecule has 1 heterocycles. The number of nitrogens with zero attached hydrogens (tertiary/aromatic N) is 4. The fourth-order valence-electron chi connectivity index (χ4n) is 3.29. The molecule has 1 aromatic heterocycles. The fourth-order valence-corrected chi connectivity index (χ4v) is 3.29. The topological polar surface area (TPSA) is 91.5 Å². The van der Waals surface area contributed by atoms with E-state index in [-0.39, 0.29) is 29.8 Å². The third kappa shape index (κ3) is 4.40. The lowest BCUT2D eigenvalue weighted by Crippen LogP contribution is -2.30. The first-order chi connectivity index (χ1) is 15.0. The molecular weight excluding hydrogens is 392 g/mol. The minimum absolute atomic E-state index is 0.0325. The molecule has 0 radical (unpaired) electrons. The molecule has 0 aliphatic rings. The highest BCUT2D eigenvalue weighted by molar-refractivity contribution is 5.77. The van der Waals surface area contributed by atoms with Gasteiger partial charge in [0.15, 0.2) is 11.6 Å². The highest BCUT2D eigenvalue weighted by atomic mass is 16.3. The second kappa shape index (κ2) is 8.71. The van der Waals surface area contributed by atoms with Gasteiger partial charge in [0, 0.05) is 13.6 Å². The molecule has 0 fully saturated rings. The summed E-state index contributed by atoms with van der Waals surface area (Å²) in [5.74, 6) is 0.531. The minimum Gasteiger partial charge on any atom is -0.507 e. The standard InChI is InChI=1S/C24H22N4O3/c1-27(15-17-9-3-2-4-10-17)22(31)16-28-24(19-12-6-8-14-21(19)30)25-23(26-28)18-11-5-7-13-20(18)29/h2-14,29-30H,15-16H2,1H3. The molecule has 7 heteroatoms. The zero-order valence-electron chi connectivity index (χ0n) is 17.0. The van der Waals surface area contributed by atoms with E-state index in [1.165, 1.54) is 4.68 Å². The summed E-state index contributed by atoms with van der Waals surface area (Å²) in [6.07, 6.45) is 0. The van der Waals surface area contributed by atoms with Crippen molar-refractivity contribution in [3.8, 4) is 34.3 Å². The van der Waals surface area contributed by atoms with Crippen LogP contribution in [0.2, 0.25) is 0 Å². The monoisotopic (exact) mass is 414 g/mol. The van der Waals surface area contributed by atoms with Gasteiger partial charge in [-0.2, -0.15) is 0 Å². The molecule has 0 saturated carbocycles. The van der Waals surface area contributed by atoms with Crippen LogP contribution in [0.1, 0.15) is 5.56 Å². The van der Waals surface area contributed by atoms with Crippen LogP contribution in [0.4, 0.5) is 0 Å². The highest BCUT2D eigenvalue weighted by Gasteiger charge is 2.20. The van der Waals surface area contributed by atoms with Gasteiger partial charge in [0.25, 0.3) is 0 Å². The van der Waals surface area contributed by atoms with E-state index in [0.29, 0.717) is 23.5 Å². The van der Waals surface area contributed by atoms with Crippen LogP contribution in [0.25, 0.3) is 22.8 Å². The van der Waals surface area contributed by atoms with Gasteiger partial charge >= 0.3 is 0 Å². The Morgan fingerprint density at radius 2 is 1.45 bits per heavy atom. The van der Waals surface area contributed by atoms with Crippen LogP contribution in [0.5, 0.6) is 11.5 Å². The number of phenols is 2. The molecule has 0 spiro atoms. The second-order valence-corrected chi connectivity index (χ2v) is 7.19. The van der Waals surface area contributed by atoms with Crippen molar-refractivity contribution >= 4 is 5.91 Å². The molecule has 7 nitrogen and oxygen atoms in total. The van der Waals surface area contributed by atoms with Crippen LogP contribution in [-0.2, 0) is 17.9 Å². The number of aromatic hydroxyl groups is 2. The summed E-state index contributed by atoms with van der Waals surface area (Å²) >= 11 is 0. The molecule has 4 rings (SSSR count). The maximum absolute atomic E-state index is 12.9. The van der Waals surface area contributed by atoms with Crippen molar-refractivity contribution in [1.82, 2.24) is 19.7 Å². The number of amides is 1. The van der Waals surface area contributed by atoms with E-state index in [1.54, 1.807) is 60.5 Å². The lowest BCUT2D eigenvalue weighted by molar-refractivity contribution is -0.131. The first-order valence-electron chi connectivity index (χ1n) is 9.82. The summed E-state index contributed by atoms with van der Waals surface area (Å²) in [4.78, 5) is 19.1. The maximum atomic E-state index is 12.9. The average Bonchev–Trinajstić information content (AvgIpc) is 3.18. The molecule has 0 saturated heterocycles. The van der Waals surface area contributed by atoms with Gasteiger partial charge in [-0.15, -0.1) is 5.10 Å². The van der Waals surface area contributed by atoms with Gasteiger partial charge in [0.2, 0.25) is 5.91 Å². The zero-order valence-corrected chi connectivity index (χ0v) is 17.0. The molecule has 2 N–H and O–H groups in total. The Bertz CT molecular complexity index is 1200. The van der Waals surface area contributed by atoms with Gasteiger partial charge in [0.1, 0.15) is 18.0 Å². The van der Waals surface area contributed by atoms with E-state index in [4.69, 9.17) is 0 Å². The number of aromatic nitrogens is 3. The number of benzene rings is 3. The lowest BCUT2D eigenvalue weighted by Gasteiger charge is -2.18. The molecule has 0 aliphatic carbocycles.